The normalized spacial score (nSPS) is 11.9. The number of ether oxygens (including phenoxy) is 1. The Morgan fingerprint density at radius 1 is 1.55 bits per heavy atom. The summed E-state index contributed by atoms with van der Waals surface area (Å²) in [5.41, 5.74) is 0.802. The Bertz CT molecular complexity index is 161. The van der Waals surface area contributed by atoms with Crippen molar-refractivity contribution in [3.8, 4) is 0 Å². The van der Waals surface area contributed by atoms with Crippen molar-refractivity contribution in [1.82, 2.24) is 0 Å². The minimum atomic E-state index is -0.205. The molecular formula is C8H15NO2. The van der Waals surface area contributed by atoms with Gasteiger partial charge in [0.05, 0.1) is 12.5 Å². The summed E-state index contributed by atoms with van der Waals surface area (Å²) in [5.74, 6) is -0.205. The lowest BCUT2D eigenvalue weighted by Crippen LogP contribution is -2.13. The summed E-state index contributed by atoms with van der Waals surface area (Å²) in [5, 5.41) is 0. The molecule has 0 aromatic rings. The molecule has 0 rings (SSSR count). The predicted molar refractivity (Wildman–Crippen MR) is 44.9 cm³/mol. The van der Waals surface area contributed by atoms with Crippen LogP contribution in [-0.4, -0.2) is 24.8 Å². The summed E-state index contributed by atoms with van der Waals surface area (Å²) < 4.78 is 4.90. The zero-order valence-electron chi connectivity index (χ0n) is 7.55. The van der Waals surface area contributed by atoms with Crippen molar-refractivity contribution >= 4 is 11.7 Å². The number of esters is 1. The van der Waals surface area contributed by atoms with Crippen LogP contribution < -0.4 is 0 Å². The molecule has 0 atom stereocenters. The van der Waals surface area contributed by atoms with Crippen LogP contribution in [0.25, 0.3) is 0 Å². The highest BCUT2D eigenvalue weighted by molar-refractivity contribution is 5.97. The molecule has 0 N–H and O–H groups in total. The topological polar surface area (TPSA) is 38.7 Å². The van der Waals surface area contributed by atoms with Crippen molar-refractivity contribution in [2.75, 3.05) is 7.05 Å². The maximum Gasteiger partial charge on any atom is 0.311 e. The molecule has 0 aromatic heterocycles. The SMILES string of the molecule is CN=C(C)CC(=O)OC(C)C. The Kier molecular flexibility index (Phi) is 4.50. The summed E-state index contributed by atoms with van der Waals surface area (Å²) in [6.45, 7) is 5.47. The van der Waals surface area contributed by atoms with Gasteiger partial charge in [-0.2, -0.15) is 0 Å². The highest BCUT2D eigenvalue weighted by Crippen LogP contribution is 1.94. The molecule has 11 heavy (non-hydrogen) atoms. The fraction of sp³-hybridized carbons (Fsp3) is 0.750. The number of hydrogen-bond acceptors (Lipinski definition) is 3. The van der Waals surface area contributed by atoms with Crippen LogP contribution in [0.3, 0.4) is 0 Å². The molecule has 0 radical (unpaired) electrons. The van der Waals surface area contributed by atoms with Gasteiger partial charge in [0.15, 0.2) is 0 Å². The maximum atomic E-state index is 10.9. The summed E-state index contributed by atoms with van der Waals surface area (Å²) in [6.07, 6.45) is 0.265. The van der Waals surface area contributed by atoms with Crippen LogP contribution in [0.4, 0.5) is 0 Å². The van der Waals surface area contributed by atoms with E-state index >= 15 is 0 Å². The van der Waals surface area contributed by atoms with Gasteiger partial charge in [-0.05, 0) is 20.8 Å². The Hall–Kier alpha value is -0.860. The van der Waals surface area contributed by atoms with E-state index in [-0.39, 0.29) is 12.1 Å². The minimum absolute atomic E-state index is 0.0350. The molecule has 0 spiro atoms. The van der Waals surface area contributed by atoms with E-state index in [1.165, 1.54) is 0 Å². The van der Waals surface area contributed by atoms with E-state index in [0.717, 1.165) is 5.71 Å². The number of aliphatic imine (C=N–C) groups is 1. The molecule has 0 unspecified atom stereocenters. The zero-order chi connectivity index (χ0) is 8.85. The van der Waals surface area contributed by atoms with Gasteiger partial charge in [0.2, 0.25) is 0 Å². The first-order valence-corrected chi connectivity index (χ1v) is 3.68. The van der Waals surface area contributed by atoms with E-state index < -0.39 is 0 Å². The van der Waals surface area contributed by atoms with Gasteiger partial charge in [-0.25, -0.2) is 0 Å². The Balaban J connectivity index is 3.70. The van der Waals surface area contributed by atoms with Crippen LogP contribution in [0.15, 0.2) is 4.99 Å². The van der Waals surface area contributed by atoms with Gasteiger partial charge in [-0.15, -0.1) is 0 Å². The summed E-state index contributed by atoms with van der Waals surface area (Å²) in [7, 11) is 1.66. The number of carbonyl (C=O) groups is 1. The second-order valence-electron chi connectivity index (χ2n) is 2.67. The van der Waals surface area contributed by atoms with Gasteiger partial charge in [0, 0.05) is 12.8 Å². The predicted octanol–water partition coefficient (Wildman–Crippen LogP) is 1.42. The zero-order valence-corrected chi connectivity index (χ0v) is 7.55. The van der Waals surface area contributed by atoms with Gasteiger partial charge in [-0.3, -0.25) is 9.79 Å². The van der Waals surface area contributed by atoms with Gasteiger partial charge in [0.1, 0.15) is 0 Å². The van der Waals surface area contributed by atoms with Crippen molar-refractivity contribution in [3.63, 3.8) is 0 Å². The van der Waals surface area contributed by atoms with Crippen molar-refractivity contribution in [1.29, 1.82) is 0 Å². The highest BCUT2D eigenvalue weighted by atomic mass is 16.5. The number of hydrogen-bond donors (Lipinski definition) is 0. The molecule has 0 aliphatic heterocycles. The molecular weight excluding hydrogens is 142 g/mol. The molecule has 0 bridgehead atoms. The smallest absolute Gasteiger partial charge is 0.311 e. The summed E-state index contributed by atoms with van der Waals surface area (Å²) in [6, 6.07) is 0. The fourth-order valence-electron chi connectivity index (χ4n) is 0.593. The number of nitrogens with zero attached hydrogens (tertiary/aromatic N) is 1. The lowest BCUT2D eigenvalue weighted by atomic mass is 10.3. The van der Waals surface area contributed by atoms with E-state index in [0.29, 0.717) is 6.42 Å². The monoisotopic (exact) mass is 157 g/mol. The van der Waals surface area contributed by atoms with Gasteiger partial charge < -0.3 is 4.74 Å². The Morgan fingerprint density at radius 3 is 2.45 bits per heavy atom. The van der Waals surface area contributed by atoms with Crippen molar-refractivity contribution in [2.45, 2.75) is 33.3 Å². The van der Waals surface area contributed by atoms with E-state index in [1.807, 2.05) is 20.8 Å². The first-order valence-electron chi connectivity index (χ1n) is 3.68. The first-order chi connectivity index (χ1) is 5.06. The van der Waals surface area contributed by atoms with Crippen LogP contribution in [0, 0.1) is 0 Å². The fourth-order valence-corrected chi connectivity index (χ4v) is 0.593. The third-order valence-electron chi connectivity index (χ3n) is 1.15. The number of carbonyl (C=O) groups excluding carboxylic acids is 1. The molecule has 0 amide bonds. The van der Waals surface area contributed by atoms with E-state index in [2.05, 4.69) is 4.99 Å². The van der Waals surface area contributed by atoms with Crippen LogP contribution in [-0.2, 0) is 9.53 Å². The molecule has 3 nitrogen and oxygen atoms in total. The molecule has 3 heteroatoms. The quantitative estimate of drug-likeness (QED) is 0.459. The van der Waals surface area contributed by atoms with E-state index in [4.69, 9.17) is 4.74 Å². The molecule has 64 valence electrons. The van der Waals surface area contributed by atoms with Gasteiger partial charge >= 0.3 is 5.97 Å². The summed E-state index contributed by atoms with van der Waals surface area (Å²) in [4.78, 5) is 14.8. The van der Waals surface area contributed by atoms with Crippen molar-refractivity contribution in [3.05, 3.63) is 0 Å². The van der Waals surface area contributed by atoms with E-state index in [1.54, 1.807) is 7.05 Å². The third-order valence-corrected chi connectivity index (χ3v) is 1.15. The average molecular weight is 157 g/mol. The van der Waals surface area contributed by atoms with Crippen LogP contribution in [0.2, 0.25) is 0 Å². The van der Waals surface area contributed by atoms with Crippen molar-refractivity contribution < 1.29 is 9.53 Å². The largest absolute Gasteiger partial charge is 0.463 e. The second-order valence-corrected chi connectivity index (χ2v) is 2.67. The van der Waals surface area contributed by atoms with E-state index in [9.17, 15) is 4.79 Å². The molecule has 0 aromatic carbocycles. The van der Waals surface area contributed by atoms with Crippen LogP contribution in [0.5, 0.6) is 0 Å². The average Bonchev–Trinajstić information content (AvgIpc) is 1.85. The lowest BCUT2D eigenvalue weighted by molar-refractivity contribution is -0.145. The third kappa shape index (κ3) is 5.58. The molecule has 0 aliphatic carbocycles. The number of rotatable bonds is 3. The minimum Gasteiger partial charge on any atom is -0.463 e. The van der Waals surface area contributed by atoms with Crippen molar-refractivity contribution in [2.24, 2.45) is 4.99 Å². The maximum absolute atomic E-state index is 10.9. The molecule has 0 saturated heterocycles. The molecule has 0 fully saturated rings. The summed E-state index contributed by atoms with van der Waals surface area (Å²) >= 11 is 0. The highest BCUT2D eigenvalue weighted by Gasteiger charge is 2.05. The van der Waals surface area contributed by atoms with Gasteiger partial charge in [0.25, 0.3) is 0 Å². The van der Waals surface area contributed by atoms with Crippen LogP contribution in [0.1, 0.15) is 27.2 Å². The molecule has 0 saturated carbocycles. The second kappa shape index (κ2) is 4.88. The molecule has 0 heterocycles. The lowest BCUT2D eigenvalue weighted by Gasteiger charge is -2.06. The van der Waals surface area contributed by atoms with Gasteiger partial charge in [-0.1, -0.05) is 0 Å². The molecule has 0 aliphatic rings. The Morgan fingerprint density at radius 2 is 2.09 bits per heavy atom. The van der Waals surface area contributed by atoms with Crippen LogP contribution >= 0.6 is 0 Å². The Labute approximate surface area is 67.5 Å². The standard InChI is InChI=1S/C8H15NO2/c1-6(2)11-8(10)5-7(3)9-4/h6H,5H2,1-4H3. The first kappa shape index (κ1) is 10.1.